The van der Waals surface area contributed by atoms with Crippen LogP contribution in [-0.2, 0) is 17.8 Å². The Morgan fingerprint density at radius 2 is 1.64 bits per heavy atom. The summed E-state index contributed by atoms with van der Waals surface area (Å²) in [5, 5.41) is 0.677. The number of hydrogen-bond acceptors (Lipinski definition) is 8. The average molecular weight is 615 g/mol. The summed E-state index contributed by atoms with van der Waals surface area (Å²) in [6, 6.07) is 11.2. The standard InChI is InChI=1S/C33H28F2N4O6/c1-38(2)32(41)18-39-16-24(22-8-5-19(34)11-26(22)35)33(42)25(17-39)28(40)12-20-6-7-21(15-37-20)45-29-9-10-36-27-14-31(44-4)30(43-3)13-23(27)29/h5-11,13-17H,12,18H2,1-4H3. The number of carbonyl (C=O) groups is 2. The molecule has 0 N–H and O–H groups in total. The summed E-state index contributed by atoms with van der Waals surface area (Å²) in [6.45, 7) is -0.212. The van der Waals surface area contributed by atoms with Crippen LogP contribution in [0.1, 0.15) is 16.1 Å². The molecule has 3 aromatic heterocycles. The zero-order valence-electron chi connectivity index (χ0n) is 24.8. The number of amides is 1. The van der Waals surface area contributed by atoms with Gasteiger partial charge in [-0.1, -0.05) is 0 Å². The zero-order chi connectivity index (χ0) is 32.2. The molecule has 5 rings (SSSR count). The Labute approximate surface area is 256 Å². The molecule has 0 spiro atoms. The first-order chi connectivity index (χ1) is 21.6. The molecule has 3 heterocycles. The molecule has 12 heteroatoms. The largest absolute Gasteiger partial charge is 0.493 e. The van der Waals surface area contributed by atoms with Crippen molar-refractivity contribution in [1.29, 1.82) is 0 Å². The number of fused-ring (bicyclic) bond motifs is 1. The van der Waals surface area contributed by atoms with Crippen LogP contribution in [0.3, 0.4) is 0 Å². The van der Waals surface area contributed by atoms with E-state index in [9.17, 15) is 23.2 Å². The first-order valence-electron chi connectivity index (χ1n) is 13.6. The molecule has 0 aliphatic rings. The van der Waals surface area contributed by atoms with E-state index in [1.807, 2.05) is 0 Å². The number of hydrogen-bond donors (Lipinski definition) is 0. The molecule has 5 aromatic rings. The highest BCUT2D eigenvalue weighted by Gasteiger charge is 2.20. The lowest BCUT2D eigenvalue weighted by Gasteiger charge is -2.15. The summed E-state index contributed by atoms with van der Waals surface area (Å²) < 4.78 is 46.4. The summed E-state index contributed by atoms with van der Waals surface area (Å²) >= 11 is 0. The lowest BCUT2D eigenvalue weighted by molar-refractivity contribution is -0.129. The molecule has 0 aliphatic carbocycles. The van der Waals surface area contributed by atoms with Gasteiger partial charge >= 0.3 is 0 Å². The lowest BCUT2D eigenvalue weighted by Crippen LogP contribution is -2.28. The van der Waals surface area contributed by atoms with Crippen LogP contribution >= 0.6 is 0 Å². The molecule has 0 aliphatic heterocycles. The third-order valence-corrected chi connectivity index (χ3v) is 6.99. The molecule has 10 nitrogen and oxygen atoms in total. The van der Waals surface area contributed by atoms with Crippen LogP contribution in [-0.4, -0.2) is 59.4 Å². The van der Waals surface area contributed by atoms with Gasteiger partial charge < -0.3 is 23.7 Å². The number of carbonyl (C=O) groups excluding carboxylic acids is 2. The minimum absolute atomic E-state index is 0.180. The molecule has 45 heavy (non-hydrogen) atoms. The molecular formula is C33H28F2N4O6. The third kappa shape index (κ3) is 6.64. The van der Waals surface area contributed by atoms with Crippen molar-refractivity contribution in [3.63, 3.8) is 0 Å². The highest BCUT2D eigenvalue weighted by Crippen LogP contribution is 2.36. The number of likely N-dealkylation sites (N-methyl/N-ethyl adjacent to an activating group) is 1. The second kappa shape index (κ2) is 12.9. The number of methoxy groups -OCH3 is 2. The topological polar surface area (TPSA) is 113 Å². The second-order valence-electron chi connectivity index (χ2n) is 10.2. The van der Waals surface area contributed by atoms with Crippen molar-refractivity contribution >= 4 is 22.6 Å². The Kier molecular flexibility index (Phi) is 8.84. The Morgan fingerprint density at radius 1 is 0.889 bits per heavy atom. The number of aromatic nitrogens is 3. The van der Waals surface area contributed by atoms with Gasteiger partial charge in [-0.2, -0.15) is 0 Å². The predicted octanol–water partition coefficient (Wildman–Crippen LogP) is 5.06. The van der Waals surface area contributed by atoms with Gasteiger partial charge in [0.25, 0.3) is 0 Å². The number of ether oxygens (including phenoxy) is 3. The van der Waals surface area contributed by atoms with E-state index in [4.69, 9.17) is 14.2 Å². The highest BCUT2D eigenvalue weighted by atomic mass is 19.1. The minimum Gasteiger partial charge on any atom is -0.493 e. The average Bonchev–Trinajstić information content (AvgIpc) is 3.02. The number of Topliss-reactive ketones (excluding diaryl/α,β-unsaturated/α-hetero) is 1. The van der Waals surface area contributed by atoms with Gasteiger partial charge in [-0.15, -0.1) is 0 Å². The maximum absolute atomic E-state index is 14.7. The van der Waals surface area contributed by atoms with Gasteiger partial charge in [0.05, 0.1) is 37.9 Å². The van der Waals surface area contributed by atoms with Gasteiger partial charge in [-0.05, 0) is 36.4 Å². The maximum Gasteiger partial charge on any atom is 0.241 e. The molecule has 0 radical (unpaired) electrons. The summed E-state index contributed by atoms with van der Waals surface area (Å²) in [6.07, 6.45) is 5.30. The molecular weight excluding hydrogens is 586 g/mol. The van der Waals surface area contributed by atoms with Crippen molar-refractivity contribution in [3.8, 4) is 34.1 Å². The molecule has 0 atom stereocenters. The quantitative estimate of drug-likeness (QED) is 0.201. The van der Waals surface area contributed by atoms with Crippen LogP contribution in [0.2, 0.25) is 0 Å². The zero-order valence-corrected chi connectivity index (χ0v) is 24.8. The molecule has 0 saturated carbocycles. The van der Waals surface area contributed by atoms with Crippen molar-refractivity contribution in [2.45, 2.75) is 13.0 Å². The van der Waals surface area contributed by atoms with Crippen molar-refractivity contribution in [3.05, 3.63) is 106 Å². The van der Waals surface area contributed by atoms with Crippen molar-refractivity contribution in [2.75, 3.05) is 28.3 Å². The Morgan fingerprint density at radius 3 is 2.31 bits per heavy atom. The van der Waals surface area contributed by atoms with Gasteiger partial charge in [0.2, 0.25) is 5.91 Å². The summed E-state index contributed by atoms with van der Waals surface area (Å²) in [5.74, 6) is -0.810. The number of pyridine rings is 3. The van der Waals surface area contributed by atoms with Gasteiger partial charge in [0.15, 0.2) is 22.7 Å². The van der Waals surface area contributed by atoms with E-state index < -0.39 is 22.8 Å². The molecule has 0 saturated heterocycles. The Balaban J connectivity index is 1.42. The molecule has 1 amide bonds. The lowest BCUT2D eigenvalue weighted by atomic mass is 10.0. The van der Waals surface area contributed by atoms with Crippen LogP contribution in [0.25, 0.3) is 22.0 Å². The second-order valence-corrected chi connectivity index (χ2v) is 10.2. The monoisotopic (exact) mass is 614 g/mol. The summed E-state index contributed by atoms with van der Waals surface area (Å²) in [7, 11) is 6.18. The minimum atomic E-state index is -0.973. The Hall–Kier alpha value is -5.65. The van der Waals surface area contributed by atoms with E-state index in [0.29, 0.717) is 45.7 Å². The van der Waals surface area contributed by atoms with E-state index >= 15 is 0 Å². The van der Waals surface area contributed by atoms with Crippen molar-refractivity contribution in [2.24, 2.45) is 0 Å². The van der Waals surface area contributed by atoms with Crippen LogP contribution in [0.15, 0.2) is 78.1 Å². The number of nitrogens with zero attached hydrogens (tertiary/aromatic N) is 4. The van der Waals surface area contributed by atoms with Crippen LogP contribution < -0.4 is 19.6 Å². The van der Waals surface area contributed by atoms with Crippen LogP contribution in [0, 0.1) is 11.6 Å². The van der Waals surface area contributed by atoms with E-state index in [1.165, 1.54) is 42.3 Å². The number of rotatable bonds is 10. The summed E-state index contributed by atoms with van der Waals surface area (Å²) in [5.41, 5.74) is -0.428. The van der Waals surface area contributed by atoms with Gasteiger partial charge in [0.1, 0.15) is 29.7 Å². The summed E-state index contributed by atoms with van der Waals surface area (Å²) in [4.78, 5) is 49.2. The number of ketones is 1. The highest BCUT2D eigenvalue weighted by molar-refractivity contribution is 5.98. The number of halogens is 2. The number of benzene rings is 2. The first kappa shape index (κ1) is 30.8. The normalized spacial score (nSPS) is 10.9. The molecule has 2 aromatic carbocycles. The fourth-order valence-corrected chi connectivity index (χ4v) is 4.62. The van der Waals surface area contributed by atoms with Crippen molar-refractivity contribution in [1.82, 2.24) is 19.4 Å². The van der Waals surface area contributed by atoms with Crippen LogP contribution in [0.4, 0.5) is 8.78 Å². The molecule has 0 fully saturated rings. The van der Waals surface area contributed by atoms with Gasteiger partial charge in [0, 0.05) is 67.0 Å². The van der Waals surface area contributed by atoms with Crippen molar-refractivity contribution < 1.29 is 32.6 Å². The predicted molar refractivity (Wildman–Crippen MR) is 162 cm³/mol. The van der Waals surface area contributed by atoms with E-state index in [0.717, 1.165) is 12.1 Å². The SMILES string of the molecule is COc1cc2nccc(Oc3ccc(CC(=O)c4cn(CC(=O)N(C)C)cc(-c5ccc(F)cc5F)c4=O)nc3)c2cc1OC. The molecule has 230 valence electrons. The molecule has 0 bridgehead atoms. The van der Waals surface area contributed by atoms with E-state index in [2.05, 4.69) is 9.97 Å². The van der Waals surface area contributed by atoms with Gasteiger partial charge in [-0.25, -0.2) is 8.78 Å². The first-order valence-corrected chi connectivity index (χ1v) is 13.6. The third-order valence-electron chi connectivity index (χ3n) is 6.99. The maximum atomic E-state index is 14.7. The fourth-order valence-electron chi connectivity index (χ4n) is 4.62. The van der Waals surface area contributed by atoms with Crippen LogP contribution in [0.5, 0.6) is 23.0 Å². The molecule has 0 unspecified atom stereocenters. The fraction of sp³-hybridized carbons (Fsp3) is 0.182. The smallest absolute Gasteiger partial charge is 0.241 e. The Bertz CT molecular complexity index is 1980. The van der Waals surface area contributed by atoms with E-state index in [1.54, 1.807) is 50.6 Å². The van der Waals surface area contributed by atoms with Gasteiger partial charge in [-0.3, -0.25) is 24.4 Å². The van der Waals surface area contributed by atoms with E-state index in [-0.39, 0.29) is 35.6 Å².